The van der Waals surface area contributed by atoms with Gasteiger partial charge in [0.2, 0.25) is 10.0 Å². The predicted molar refractivity (Wildman–Crippen MR) is 118 cm³/mol. The highest BCUT2D eigenvalue weighted by Crippen LogP contribution is 2.39. The molecule has 1 aromatic heterocycles. The molecular formula is C21H21N3O4S2. The van der Waals surface area contributed by atoms with Gasteiger partial charge in [-0.1, -0.05) is 30.3 Å². The summed E-state index contributed by atoms with van der Waals surface area (Å²) in [7, 11) is -0.716. The van der Waals surface area contributed by atoms with Crippen molar-refractivity contribution in [2.75, 3.05) is 19.4 Å². The monoisotopic (exact) mass is 443 g/mol. The van der Waals surface area contributed by atoms with Gasteiger partial charge in [-0.2, -0.15) is 0 Å². The Morgan fingerprint density at radius 2 is 1.60 bits per heavy atom. The second-order valence-corrected chi connectivity index (χ2v) is 10.1. The van der Waals surface area contributed by atoms with E-state index in [-0.39, 0.29) is 16.0 Å². The fourth-order valence-electron chi connectivity index (χ4n) is 2.98. The SMILES string of the molecule is Cc1sc(NC(=O)c2ccc(S(=O)(=O)N(C)C)cc2)c(C(N)=O)c1-c1ccccc1. The first-order valence-electron chi connectivity index (χ1n) is 8.95. The lowest BCUT2D eigenvalue weighted by molar-refractivity contribution is 0.100. The maximum atomic E-state index is 12.7. The number of thiophene rings is 1. The van der Waals surface area contributed by atoms with Gasteiger partial charge in [0.25, 0.3) is 11.8 Å². The molecule has 0 unspecified atom stereocenters. The number of primary amides is 1. The maximum absolute atomic E-state index is 12.7. The van der Waals surface area contributed by atoms with Gasteiger partial charge in [-0.25, -0.2) is 12.7 Å². The van der Waals surface area contributed by atoms with Gasteiger partial charge in [0.05, 0.1) is 10.5 Å². The van der Waals surface area contributed by atoms with Crippen molar-refractivity contribution in [3.63, 3.8) is 0 Å². The molecule has 0 saturated heterocycles. The Kier molecular flexibility index (Phi) is 6.06. The first-order chi connectivity index (χ1) is 14.1. The molecule has 3 N–H and O–H groups in total. The number of sulfonamides is 1. The van der Waals surface area contributed by atoms with Crippen LogP contribution in [-0.4, -0.2) is 38.6 Å². The average molecular weight is 444 g/mol. The zero-order chi connectivity index (χ0) is 22.1. The summed E-state index contributed by atoms with van der Waals surface area (Å²) in [5.41, 5.74) is 7.66. The van der Waals surface area contributed by atoms with Gasteiger partial charge in [0, 0.05) is 30.1 Å². The highest BCUT2D eigenvalue weighted by atomic mass is 32.2. The van der Waals surface area contributed by atoms with E-state index in [1.807, 2.05) is 37.3 Å². The zero-order valence-corrected chi connectivity index (χ0v) is 18.3. The number of nitrogens with one attached hydrogen (secondary N) is 1. The molecule has 0 aliphatic carbocycles. The number of benzene rings is 2. The lowest BCUT2D eigenvalue weighted by Gasteiger charge is -2.11. The molecule has 3 aromatic rings. The normalized spacial score (nSPS) is 11.5. The number of carbonyl (C=O) groups is 2. The third kappa shape index (κ3) is 4.13. The molecule has 0 saturated carbocycles. The van der Waals surface area contributed by atoms with Crippen molar-refractivity contribution in [3.8, 4) is 11.1 Å². The molecule has 3 rings (SSSR count). The van der Waals surface area contributed by atoms with Crippen molar-refractivity contribution in [3.05, 3.63) is 70.6 Å². The van der Waals surface area contributed by atoms with Crippen LogP contribution in [0.25, 0.3) is 11.1 Å². The first-order valence-corrected chi connectivity index (χ1v) is 11.2. The van der Waals surface area contributed by atoms with E-state index in [0.717, 1.165) is 14.7 Å². The number of hydrogen-bond donors (Lipinski definition) is 2. The minimum Gasteiger partial charge on any atom is -0.365 e. The van der Waals surface area contributed by atoms with E-state index in [2.05, 4.69) is 5.32 Å². The third-order valence-corrected chi connectivity index (χ3v) is 7.37. The average Bonchev–Trinajstić information content (AvgIpc) is 3.04. The van der Waals surface area contributed by atoms with Crippen LogP contribution in [0, 0.1) is 6.92 Å². The van der Waals surface area contributed by atoms with Crippen LogP contribution in [0.3, 0.4) is 0 Å². The number of rotatable bonds is 6. The Morgan fingerprint density at radius 1 is 1.00 bits per heavy atom. The minimum absolute atomic E-state index is 0.0835. The zero-order valence-electron chi connectivity index (χ0n) is 16.7. The molecule has 0 spiro atoms. The number of hydrogen-bond acceptors (Lipinski definition) is 5. The largest absolute Gasteiger partial charge is 0.365 e. The summed E-state index contributed by atoms with van der Waals surface area (Å²) in [6.07, 6.45) is 0. The van der Waals surface area contributed by atoms with Crippen LogP contribution >= 0.6 is 11.3 Å². The highest BCUT2D eigenvalue weighted by molar-refractivity contribution is 7.89. The molecule has 30 heavy (non-hydrogen) atoms. The van der Waals surface area contributed by atoms with Crippen molar-refractivity contribution >= 4 is 38.2 Å². The number of aryl methyl sites for hydroxylation is 1. The Morgan fingerprint density at radius 3 is 2.13 bits per heavy atom. The summed E-state index contributed by atoms with van der Waals surface area (Å²) in [6.45, 7) is 1.86. The quantitative estimate of drug-likeness (QED) is 0.609. The maximum Gasteiger partial charge on any atom is 0.256 e. The topological polar surface area (TPSA) is 110 Å². The van der Waals surface area contributed by atoms with Crippen LogP contribution in [0.15, 0.2) is 59.5 Å². The molecular weight excluding hydrogens is 422 g/mol. The van der Waals surface area contributed by atoms with Crippen LogP contribution in [0.2, 0.25) is 0 Å². The lowest BCUT2D eigenvalue weighted by atomic mass is 10.0. The summed E-state index contributed by atoms with van der Waals surface area (Å²) < 4.78 is 25.4. The van der Waals surface area contributed by atoms with Gasteiger partial charge in [0.1, 0.15) is 5.00 Å². The molecule has 9 heteroatoms. The Labute approximate surface area is 179 Å². The second kappa shape index (κ2) is 8.39. The standard InChI is InChI=1S/C21H21N3O4S2/c1-13-17(14-7-5-4-6-8-14)18(19(22)25)21(29-13)23-20(26)15-9-11-16(12-10-15)30(27,28)24(2)3/h4-12H,1-3H3,(H2,22,25)(H,23,26). The van der Waals surface area contributed by atoms with Gasteiger partial charge < -0.3 is 11.1 Å². The number of nitrogens with zero attached hydrogens (tertiary/aromatic N) is 1. The van der Waals surface area contributed by atoms with Crippen molar-refractivity contribution in [1.29, 1.82) is 0 Å². The van der Waals surface area contributed by atoms with Crippen molar-refractivity contribution in [2.45, 2.75) is 11.8 Å². The molecule has 0 aliphatic heterocycles. The molecule has 2 amide bonds. The van der Waals surface area contributed by atoms with E-state index in [4.69, 9.17) is 5.73 Å². The summed E-state index contributed by atoms with van der Waals surface area (Å²) in [5.74, 6) is -1.10. The number of nitrogens with two attached hydrogens (primary N) is 1. The molecule has 7 nitrogen and oxygen atoms in total. The van der Waals surface area contributed by atoms with E-state index < -0.39 is 21.8 Å². The van der Waals surface area contributed by atoms with E-state index in [1.165, 1.54) is 49.7 Å². The summed E-state index contributed by atoms with van der Waals surface area (Å²) in [5, 5.41) is 3.09. The molecule has 0 aliphatic rings. The predicted octanol–water partition coefficient (Wildman–Crippen LogP) is 3.33. The molecule has 0 atom stereocenters. The van der Waals surface area contributed by atoms with E-state index in [1.54, 1.807) is 0 Å². The van der Waals surface area contributed by atoms with Gasteiger partial charge >= 0.3 is 0 Å². The minimum atomic E-state index is -3.59. The Bertz CT molecular complexity index is 1200. The molecule has 0 fully saturated rings. The lowest BCUT2D eigenvalue weighted by Crippen LogP contribution is -2.22. The van der Waals surface area contributed by atoms with Crippen molar-refractivity contribution < 1.29 is 18.0 Å². The first kappa shape index (κ1) is 21.7. The third-order valence-electron chi connectivity index (χ3n) is 4.52. The summed E-state index contributed by atoms with van der Waals surface area (Å²) in [4.78, 5) is 25.8. The molecule has 1 heterocycles. The van der Waals surface area contributed by atoms with Crippen LogP contribution in [0.1, 0.15) is 25.6 Å². The number of anilines is 1. The molecule has 2 aromatic carbocycles. The number of carbonyl (C=O) groups excluding carboxylic acids is 2. The van der Waals surface area contributed by atoms with Gasteiger partial charge in [-0.15, -0.1) is 11.3 Å². The van der Waals surface area contributed by atoms with E-state index >= 15 is 0 Å². The van der Waals surface area contributed by atoms with Crippen LogP contribution in [0.4, 0.5) is 5.00 Å². The molecule has 0 bridgehead atoms. The van der Waals surface area contributed by atoms with Crippen LogP contribution in [0.5, 0.6) is 0 Å². The summed E-state index contributed by atoms with van der Waals surface area (Å²) in [6, 6.07) is 14.9. The van der Waals surface area contributed by atoms with Gasteiger partial charge in [-0.3, -0.25) is 9.59 Å². The highest BCUT2D eigenvalue weighted by Gasteiger charge is 2.23. The van der Waals surface area contributed by atoms with E-state index in [0.29, 0.717) is 10.6 Å². The Balaban J connectivity index is 1.93. The smallest absolute Gasteiger partial charge is 0.256 e. The van der Waals surface area contributed by atoms with Gasteiger partial charge in [-0.05, 0) is 36.8 Å². The van der Waals surface area contributed by atoms with Crippen LogP contribution < -0.4 is 11.1 Å². The fraction of sp³-hybridized carbons (Fsp3) is 0.143. The van der Waals surface area contributed by atoms with Crippen LogP contribution in [-0.2, 0) is 10.0 Å². The molecule has 0 radical (unpaired) electrons. The second-order valence-electron chi connectivity index (χ2n) is 6.73. The number of amides is 2. The van der Waals surface area contributed by atoms with Crippen molar-refractivity contribution in [2.24, 2.45) is 5.73 Å². The molecule has 156 valence electrons. The van der Waals surface area contributed by atoms with Crippen molar-refractivity contribution in [1.82, 2.24) is 4.31 Å². The Hall–Kier alpha value is -3.01. The fourth-order valence-corrected chi connectivity index (χ4v) is 4.96. The van der Waals surface area contributed by atoms with E-state index in [9.17, 15) is 18.0 Å². The summed E-state index contributed by atoms with van der Waals surface area (Å²) >= 11 is 1.26. The van der Waals surface area contributed by atoms with Gasteiger partial charge in [0.15, 0.2) is 0 Å².